The number of ether oxygens (including phenoxy) is 4. The number of amides is 8. The fraction of sp³-hybridized carbons (Fsp3) is 0.394. The number of carbonyl (C=O) groups excluding carboxylic acids is 10. The van der Waals surface area contributed by atoms with Crippen LogP contribution in [-0.4, -0.2) is 161 Å². The monoisotopic (exact) mass is 1350 g/mol. The maximum absolute atomic E-state index is 14.4. The first kappa shape index (κ1) is 76.6. The lowest BCUT2D eigenvalue weighted by molar-refractivity contribution is -0.144. The summed E-state index contributed by atoms with van der Waals surface area (Å²) in [6, 6.07) is 22.6. The molecular formula is C66H74F8N8O14. The third kappa shape index (κ3) is 27.8. The summed E-state index contributed by atoms with van der Waals surface area (Å²) in [6.07, 6.45) is -10.1. The molecule has 2 atom stereocenters. The van der Waals surface area contributed by atoms with Gasteiger partial charge in [0.2, 0.25) is 23.6 Å². The Balaban J connectivity index is 1.21. The van der Waals surface area contributed by atoms with Gasteiger partial charge >= 0.3 is 36.5 Å². The summed E-state index contributed by atoms with van der Waals surface area (Å²) in [6.45, 7) is -3.45. The molecule has 6 N–H and O–H groups in total. The zero-order valence-electron chi connectivity index (χ0n) is 52.5. The van der Waals surface area contributed by atoms with E-state index in [-0.39, 0.29) is 126 Å². The van der Waals surface area contributed by atoms with Gasteiger partial charge in [-0.15, -0.1) is 0 Å². The summed E-state index contributed by atoms with van der Waals surface area (Å²) < 4.78 is 126. The predicted octanol–water partition coefficient (Wildman–Crippen LogP) is 7.20. The first-order chi connectivity index (χ1) is 45.7. The Morgan fingerprint density at radius 2 is 0.760 bits per heavy atom. The molecule has 5 rings (SSSR count). The van der Waals surface area contributed by atoms with Crippen molar-refractivity contribution in [1.29, 1.82) is 0 Å². The Morgan fingerprint density at radius 3 is 1.10 bits per heavy atom. The minimum atomic E-state index is -4.58. The second-order valence-corrected chi connectivity index (χ2v) is 21.7. The number of hydrogen-bond donors (Lipinski definition) is 6. The van der Waals surface area contributed by atoms with Crippen molar-refractivity contribution in [3.05, 3.63) is 177 Å². The summed E-state index contributed by atoms with van der Waals surface area (Å²) in [4.78, 5) is 135. The SMILES string of the molecule is COC(=O)[C@H](CCCCNC(=O)CN(CC(=O)NCCc1ccc(F)cc1)C(=O)c1cccc(C(=O)N(CC(=O)NCCCC[C@H](NC(=O)OCCc2cccc(C(F)(F)F)c2)C(=O)OC)CC(=O)NCCc2ccc(F)cc2)c1)NC(=O)OCCc1cccc(C(F)(F)F)c1. The molecule has 0 aliphatic carbocycles. The number of methoxy groups -OCH3 is 2. The highest BCUT2D eigenvalue weighted by Crippen LogP contribution is 2.31. The van der Waals surface area contributed by atoms with E-state index in [9.17, 15) is 83.1 Å². The molecule has 30 heteroatoms. The topological polar surface area (TPSA) is 286 Å². The van der Waals surface area contributed by atoms with Crippen LogP contribution in [0.3, 0.4) is 0 Å². The number of nitrogens with zero attached hydrogens (tertiary/aromatic N) is 2. The lowest BCUT2D eigenvalue weighted by Gasteiger charge is -2.24. The summed E-state index contributed by atoms with van der Waals surface area (Å²) in [5.41, 5.74) is -0.313. The van der Waals surface area contributed by atoms with Crippen LogP contribution in [0.25, 0.3) is 0 Å². The van der Waals surface area contributed by atoms with E-state index < -0.39 is 133 Å². The highest BCUT2D eigenvalue weighted by atomic mass is 19.4. The van der Waals surface area contributed by atoms with E-state index in [2.05, 4.69) is 31.9 Å². The van der Waals surface area contributed by atoms with Crippen molar-refractivity contribution in [3.8, 4) is 0 Å². The second kappa shape index (κ2) is 38.9. The molecule has 0 spiro atoms. The second-order valence-electron chi connectivity index (χ2n) is 21.7. The molecule has 5 aromatic rings. The number of benzene rings is 5. The Kier molecular flexibility index (Phi) is 31.0. The van der Waals surface area contributed by atoms with Crippen molar-refractivity contribution in [2.24, 2.45) is 0 Å². The van der Waals surface area contributed by atoms with Crippen molar-refractivity contribution in [1.82, 2.24) is 41.7 Å². The van der Waals surface area contributed by atoms with E-state index in [1.807, 2.05) is 0 Å². The van der Waals surface area contributed by atoms with E-state index in [0.29, 0.717) is 11.1 Å². The van der Waals surface area contributed by atoms with Crippen molar-refractivity contribution < 1.29 is 102 Å². The normalized spacial score (nSPS) is 11.8. The number of esters is 2. The van der Waals surface area contributed by atoms with Gasteiger partial charge in [0.1, 0.15) is 49.9 Å². The van der Waals surface area contributed by atoms with Crippen LogP contribution in [0.5, 0.6) is 0 Å². The molecule has 96 heavy (non-hydrogen) atoms. The van der Waals surface area contributed by atoms with Crippen LogP contribution in [0.1, 0.15) is 92.6 Å². The Morgan fingerprint density at radius 1 is 0.417 bits per heavy atom. The number of alkyl carbamates (subject to hydrolysis) is 2. The molecule has 0 aliphatic rings. The van der Waals surface area contributed by atoms with Gasteiger partial charge in [0.25, 0.3) is 11.8 Å². The number of hydrogen-bond acceptors (Lipinski definition) is 14. The number of rotatable bonds is 36. The Hall–Kier alpha value is -10.2. The van der Waals surface area contributed by atoms with E-state index in [1.165, 1.54) is 91.0 Å². The van der Waals surface area contributed by atoms with Crippen LogP contribution in [0, 0.1) is 11.6 Å². The lowest BCUT2D eigenvalue weighted by Crippen LogP contribution is -2.47. The Labute approximate surface area is 547 Å². The van der Waals surface area contributed by atoms with Crippen molar-refractivity contribution in [3.63, 3.8) is 0 Å². The quantitative estimate of drug-likeness (QED) is 0.0100. The van der Waals surface area contributed by atoms with E-state index >= 15 is 0 Å². The third-order valence-corrected chi connectivity index (χ3v) is 14.4. The van der Waals surface area contributed by atoms with Gasteiger partial charge in [-0.05, 0) is 128 Å². The highest BCUT2D eigenvalue weighted by Gasteiger charge is 2.32. The smallest absolute Gasteiger partial charge is 0.416 e. The summed E-state index contributed by atoms with van der Waals surface area (Å²) >= 11 is 0. The molecule has 0 saturated carbocycles. The van der Waals surface area contributed by atoms with Crippen molar-refractivity contribution >= 4 is 59.6 Å². The van der Waals surface area contributed by atoms with Gasteiger partial charge in [-0.25, -0.2) is 28.0 Å². The highest BCUT2D eigenvalue weighted by molar-refractivity contribution is 6.03. The molecule has 8 amide bonds. The van der Waals surface area contributed by atoms with Gasteiger partial charge in [-0.1, -0.05) is 66.7 Å². The van der Waals surface area contributed by atoms with Crippen LogP contribution in [-0.2, 0) is 85.8 Å². The van der Waals surface area contributed by atoms with Gasteiger partial charge in [0.15, 0.2) is 0 Å². The van der Waals surface area contributed by atoms with Gasteiger partial charge in [-0.3, -0.25) is 28.8 Å². The zero-order valence-corrected chi connectivity index (χ0v) is 52.5. The van der Waals surface area contributed by atoms with Crippen LogP contribution in [0.15, 0.2) is 121 Å². The van der Waals surface area contributed by atoms with Crippen LogP contribution >= 0.6 is 0 Å². The molecule has 0 saturated heterocycles. The number of unbranched alkanes of at least 4 members (excludes halogenated alkanes) is 2. The zero-order chi connectivity index (χ0) is 70.2. The van der Waals surface area contributed by atoms with Gasteiger partial charge < -0.3 is 60.6 Å². The molecule has 518 valence electrons. The standard InChI is InChI=1S/C66H74F8N8O14/c1-93-61(89)53(79-63(91)95-34-28-45-10-7-14-49(36-45)65(69,70)71)16-3-5-30-75-55(83)39-81(41-57(85)77-32-26-43-18-22-51(67)23-19-43)59(87)47-12-9-13-48(38-47)60(88)82(42-58(86)78-33-27-44-20-24-52(68)25-21-44)40-56(84)76-31-6-4-17-54(62(90)94-2)80-64(92)96-35-29-46-11-8-15-50(37-46)66(72,73)74/h7-15,18-25,36-38,53-54H,3-6,16-17,26-35,39-42H2,1-2H3,(H,75,83)(H,76,84)(H,77,85)(H,78,86)(H,79,91)(H,80,92)/t53-,54-/m0/s1. The molecule has 5 aromatic carbocycles. The number of carbonyl (C=O) groups is 10. The minimum absolute atomic E-state index is 0.0144. The largest absolute Gasteiger partial charge is 0.467 e. The fourth-order valence-corrected chi connectivity index (χ4v) is 9.34. The number of nitrogens with one attached hydrogen (secondary N) is 6. The molecule has 0 aliphatic heterocycles. The van der Waals surface area contributed by atoms with E-state index in [1.54, 1.807) is 0 Å². The maximum Gasteiger partial charge on any atom is 0.416 e. The molecule has 0 bridgehead atoms. The van der Waals surface area contributed by atoms with E-state index in [0.717, 1.165) is 54.4 Å². The number of halogens is 8. The first-order valence-corrected chi connectivity index (χ1v) is 30.3. The Bertz CT molecular complexity index is 3210. The molecule has 22 nitrogen and oxygen atoms in total. The van der Waals surface area contributed by atoms with Gasteiger partial charge in [-0.2, -0.15) is 26.3 Å². The van der Waals surface area contributed by atoms with E-state index in [4.69, 9.17) is 18.9 Å². The summed E-state index contributed by atoms with van der Waals surface area (Å²) in [7, 11) is 2.16. The number of alkyl halides is 6. The fourth-order valence-electron chi connectivity index (χ4n) is 9.34. The van der Waals surface area contributed by atoms with Crippen molar-refractivity contribution in [2.75, 3.05) is 79.8 Å². The molecule has 0 radical (unpaired) electrons. The van der Waals surface area contributed by atoms with Crippen LogP contribution < -0.4 is 31.9 Å². The van der Waals surface area contributed by atoms with Gasteiger partial charge in [0, 0.05) is 50.1 Å². The van der Waals surface area contributed by atoms with Crippen LogP contribution in [0.2, 0.25) is 0 Å². The van der Waals surface area contributed by atoms with Crippen molar-refractivity contribution in [2.45, 2.75) is 88.6 Å². The maximum atomic E-state index is 14.4. The molecular weight excluding hydrogens is 1280 g/mol. The third-order valence-electron chi connectivity index (χ3n) is 14.4. The predicted molar refractivity (Wildman–Crippen MR) is 329 cm³/mol. The minimum Gasteiger partial charge on any atom is -0.467 e. The average Bonchev–Trinajstić information content (AvgIpc) is 0.847. The first-order valence-electron chi connectivity index (χ1n) is 30.3. The van der Waals surface area contributed by atoms with Crippen LogP contribution in [0.4, 0.5) is 44.7 Å². The molecule has 0 unspecified atom stereocenters. The summed E-state index contributed by atoms with van der Waals surface area (Å²) in [5, 5.41) is 15.3. The lowest BCUT2D eigenvalue weighted by atomic mass is 10.1. The molecule has 0 heterocycles. The molecule has 0 fully saturated rings. The average molecular weight is 1360 g/mol. The molecule has 0 aromatic heterocycles. The summed E-state index contributed by atoms with van der Waals surface area (Å²) in [5.74, 6) is -7.38. The van der Waals surface area contributed by atoms with Gasteiger partial charge in [0.05, 0.1) is 38.6 Å².